The second kappa shape index (κ2) is 7.48. The van der Waals surface area contributed by atoms with E-state index in [9.17, 15) is 0 Å². The zero-order chi connectivity index (χ0) is 15.9. The summed E-state index contributed by atoms with van der Waals surface area (Å²) >= 11 is 0. The van der Waals surface area contributed by atoms with Gasteiger partial charge in [0.05, 0.1) is 18.2 Å². The third kappa shape index (κ3) is 3.38. The Hall–Kier alpha value is -2.51. The molecule has 4 heteroatoms. The monoisotopic (exact) mass is 295 g/mol. The first-order valence-electron chi connectivity index (χ1n) is 7.35. The predicted molar refractivity (Wildman–Crippen MR) is 89.6 cm³/mol. The molecule has 0 amide bonds. The van der Waals surface area contributed by atoms with Gasteiger partial charge < -0.3 is 15.4 Å². The number of nitrogens with zero attached hydrogens (tertiary/aromatic N) is 2. The standard InChI is InChI=1S/C17H16N2O.CH5N/c1-19(15-7-4-13(12-18)5-8-15)16-9-6-14-3-2-10-20-17(14)11-16;1-2/h4-9,11H,2-3,10H2,1H3;2H2,1H3. The van der Waals surface area contributed by atoms with Crippen LogP contribution in [0.4, 0.5) is 11.4 Å². The lowest BCUT2D eigenvalue weighted by atomic mass is 10.1. The summed E-state index contributed by atoms with van der Waals surface area (Å²) in [5, 5.41) is 8.84. The Morgan fingerprint density at radius 3 is 2.45 bits per heavy atom. The molecule has 22 heavy (non-hydrogen) atoms. The van der Waals surface area contributed by atoms with Gasteiger partial charge in [-0.3, -0.25) is 0 Å². The number of hydrogen-bond donors (Lipinski definition) is 1. The predicted octanol–water partition coefficient (Wildman–Crippen LogP) is 3.23. The average molecular weight is 295 g/mol. The van der Waals surface area contributed by atoms with E-state index in [-0.39, 0.29) is 0 Å². The molecule has 0 spiro atoms. The molecule has 0 bridgehead atoms. The van der Waals surface area contributed by atoms with Crippen LogP contribution in [0.15, 0.2) is 42.5 Å². The molecule has 1 aliphatic rings. The number of ether oxygens (including phenoxy) is 1. The van der Waals surface area contributed by atoms with Gasteiger partial charge in [-0.15, -0.1) is 0 Å². The van der Waals surface area contributed by atoms with Gasteiger partial charge in [0.15, 0.2) is 0 Å². The number of nitriles is 1. The number of nitrogens with two attached hydrogens (primary N) is 1. The minimum absolute atomic E-state index is 0.677. The van der Waals surface area contributed by atoms with Crippen LogP contribution in [0, 0.1) is 11.3 Å². The van der Waals surface area contributed by atoms with E-state index in [1.54, 1.807) is 0 Å². The van der Waals surface area contributed by atoms with E-state index in [1.807, 2.05) is 31.3 Å². The van der Waals surface area contributed by atoms with Gasteiger partial charge in [-0.25, -0.2) is 0 Å². The number of benzene rings is 2. The Balaban J connectivity index is 0.000000847. The van der Waals surface area contributed by atoms with E-state index in [2.05, 4.69) is 34.9 Å². The van der Waals surface area contributed by atoms with Crippen LogP contribution in [0.25, 0.3) is 0 Å². The molecule has 114 valence electrons. The maximum atomic E-state index is 8.84. The minimum Gasteiger partial charge on any atom is -0.493 e. The Morgan fingerprint density at radius 1 is 1.09 bits per heavy atom. The van der Waals surface area contributed by atoms with Crippen molar-refractivity contribution in [2.75, 3.05) is 25.6 Å². The van der Waals surface area contributed by atoms with Crippen LogP contribution >= 0.6 is 0 Å². The quantitative estimate of drug-likeness (QED) is 0.924. The molecule has 2 aromatic carbocycles. The van der Waals surface area contributed by atoms with Crippen LogP contribution in [0.5, 0.6) is 5.75 Å². The van der Waals surface area contributed by atoms with Crippen molar-refractivity contribution in [2.45, 2.75) is 12.8 Å². The van der Waals surface area contributed by atoms with Gasteiger partial charge in [-0.05, 0) is 55.8 Å². The summed E-state index contributed by atoms with van der Waals surface area (Å²) in [4.78, 5) is 2.10. The minimum atomic E-state index is 0.677. The molecule has 0 unspecified atom stereocenters. The third-order valence-corrected chi connectivity index (χ3v) is 3.67. The number of aryl methyl sites for hydroxylation is 1. The molecular weight excluding hydrogens is 274 g/mol. The summed E-state index contributed by atoms with van der Waals surface area (Å²) in [7, 11) is 3.52. The summed E-state index contributed by atoms with van der Waals surface area (Å²) in [6.07, 6.45) is 2.19. The third-order valence-electron chi connectivity index (χ3n) is 3.67. The SMILES string of the molecule is CN.CN(c1ccc(C#N)cc1)c1ccc2c(c1)OCCC2. The molecule has 0 saturated carbocycles. The lowest BCUT2D eigenvalue weighted by Gasteiger charge is -2.23. The van der Waals surface area contributed by atoms with Crippen LogP contribution in [0.1, 0.15) is 17.5 Å². The maximum Gasteiger partial charge on any atom is 0.124 e. The van der Waals surface area contributed by atoms with Gasteiger partial charge in [-0.2, -0.15) is 5.26 Å². The van der Waals surface area contributed by atoms with E-state index in [0.29, 0.717) is 5.56 Å². The Bertz CT molecular complexity index is 659. The molecule has 2 N–H and O–H groups in total. The molecule has 0 saturated heterocycles. The Labute approximate surface area is 131 Å². The fourth-order valence-electron chi connectivity index (χ4n) is 2.45. The highest BCUT2D eigenvalue weighted by molar-refractivity contribution is 5.65. The fraction of sp³-hybridized carbons (Fsp3) is 0.278. The second-order valence-electron chi connectivity index (χ2n) is 4.96. The fourth-order valence-corrected chi connectivity index (χ4v) is 2.45. The van der Waals surface area contributed by atoms with Crippen molar-refractivity contribution in [1.82, 2.24) is 0 Å². The van der Waals surface area contributed by atoms with Crippen LogP contribution in [0.3, 0.4) is 0 Å². The molecule has 0 aromatic heterocycles. The van der Waals surface area contributed by atoms with Gasteiger partial charge in [0.25, 0.3) is 0 Å². The van der Waals surface area contributed by atoms with Crippen LogP contribution in [-0.4, -0.2) is 20.7 Å². The largest absolute Gasteiger partial charge is 0.493 e. The van der Waals surface area contributed by atoms with Crippen LogP contribution in [0.2, 0.25) is 0 Å². The normalized spacial score (nSPS) is 12.1. The summed E-state index contributed by atoms with van der Waals surface area (Å²) in [5.74, 6) is 0.995. The van der Waals surface area contributed by atoms with Gasteiger partial charge in [-0.1, -0.05) is 6.07 Å². The van der Waals surface area contributed by atoms with Crippen molar-refractivity contribution in [3.63, 3.8) is 0 Å². The topological polar surface area (TPSA) is 62.3 Å². The van der Waals surface area contributed by atoms with Crippen LogP contribution < -0.4 is 15.4 Å². The number of rotatable bonds is 2. The summed E-state index contributed by atoms with van der Waals surface area (Å²) in [6.45, 7) is 0.803. The van der Waals surface area contributed by atoms with Gasteiger partial charge in [0, 0.05) is 24.5 Å². The zero-order valence-electron chi connectivity index (χ0n) is 13.0. The Morgan fingerprint density at radius 2 is 1.77 bits per heavy atom. The van der Waals surface area contributed by atoms with Crippen LogP contribution in [-0.2, 0) is 6.42 Å². The van der Waals surface area contributed by atoms with Crippen molar-refractivity contribution in [3.8, 4) is 11.8 Å². The first-order chi connectivity index (χ1) is 10.8. The van der Waals surface area contributed by atoms with Crippen molar-refractivity contribution in [3.05, 3.63) is 53.6 Å². The molecule has 3 rings (SSSR count). The van der Waals surface area contributed by atoms with E-state index >= 15 is 0 Å². The maximum absolute atomic E-state index is 8.84. The molecule has 1 heterocycles. The van der Waals surface area contributed by atoms with Crippen molar-refractivity contribution in [1.29, 1.82) is 5.26 Å². The first-order valence-corrected chi connectivity index (χ1v) is 7.35. The lowest BCUT2D eigenvalue weighted by molar-refractivity contribution is 0.288. The zero-order valence-corrected chi connectivity index (χ0v) is 13.0. The highest BCUT2D eigenvalue weighted by Crippen LogP contribution is 2.32. The molecule has 2 aromatic rings. The average Bonchev–Trinajstić information content (AvgIpc) is 2.62. The molecule has 1 aliphatic heterocycles. The summed E-state index contributed by atoms with van der Waals surface area (Å²) in [6, 6.07) is 16.1. The smallest absolute Gasteiger partial charge is 0.124 e. The van der Waals surface area contributed by atoms with Gasteiger partial charge in [0.2, 0.25) is 0 Å². The number of fused-ring (bicyclic) bond motifs is 1. The number of anilines is 2. The van der Waals surface area contributed by atoms with E-state index < -0.39 is 0 Å². The summed E-state index contributed by atoms with van der Waals surface area (Å²) in [5.41, 5.74) is 8.61. The Kier molecular flexibility index (Phi) is 5.40. The number of hydrogen-bond acceptors (Lipinski definition) is 4. The van der Waals surface area contributed by atoms with Gasteiger partial charge in [0.1, 0.15) is 5.75 Å². The van der Waals surface area contributed by atoms with Crippen molar-refractivity contribution < 1.29 is 4.74 Å². The van der Waals surface area contributed by atoms with E-state index in [0.717, 1.165) is 36.6 Å². The molecule has 4 nitrogen and oxygen atoms in total. The highest BCUT2D eigenvalue weighted by atomic mass is 16.5. The second-order valence-corrected chi connectivity index (χ2v) is 4.96. The van der Waals surface area contributed by atoms with Gasteiger partial charge >= 0.3 is 0 Å². The molecule has 0 radical (unpaired) electrons. The van der Waals surface area contributed by atoms with E-state index in [1.165, 1.54) is 12.6 Å². The molecular formula is C18H21N3O. The molecule has 0 fully saturated rings. The van der Waals surface area contributed by atoms with Crippen molar-refractivity contribution >= 4 is 11.4 Å². The molecule has 0 atom stereocenters. The highest BCUT2D eigenvalue weighted by Gasteiger charge is 2.12. The lowest BCUT2D eigenvalue weighted by Crippen LogP contribution is -2.12. The van der Waals surface area contributed by atoms with E-state index in [4.69, 9.17) is 10.00 Å². The summed E-state index contributed by atoms with van der Waals surface area (Å²) < 4.78 is 5.72. The van der Waals surface area contributed by atoms with Crippen molar-refractivity contribution in [2.24, 2.45) is 5.73 Å². The molecule has 0 aliphatic carbocycles. The first kappa shape index (κ1) is 15.9.